The van der Waals surface area contributed by atoms with Gasteiger partial charge in [-0.1, -0.05) is 30.7 Å². The smallest absolute Gasteiger partial charge is 0.253 e. The summed E-state index contributed by atoms with van der Waals surface area (Å²) in [5, 5.41) is 11.0. The molecule has 0 aromatic heterocycles. The Bertz CT molecular complexity index is 1510. The molecule has 0 bridgehead atoms. The average molecular weight is 583 g/mol. The van der Waals surface area contributed by atoms with E-state index in [1.807, 2.05) is 25.1 Å². The Morgan fingerprint density at radius 3 is 2.35 bits per heavy atom. The van der Waals surface area contributed by atoms with Crippen molar-refractivity contribution in [1.82, 2.24) is 4.90 Å². The summed E-state index contributed by atoms with van der Waals surface area (Å²) >= 11 is 14.3. The Labute approximate surface area is 241 Å². The monoisotopic (exact) mass is 582 g/mol. The normalized spacial score (nSPS) is 33.1. The van der Waals surface area contributed by atoms with Crippen LogP contribution in [0.4, 0.5) is 5.69 Å². The fourth-order valence-electron chi connectivity index (χ4n) is 7.12. The Balaban J connectivity index is 1.51. The Kier molecular flexibility index (Phi) is 6.09. The van der Waals surface area contributed by atoms with E-state index in [2.05, 4.69) is 0 Å². The number of hydrogen-bond acceptors (Lipinski definition) is 6. The van der Waals surface area contributed by atoms with Gasteiger partial charge in [0.05, 0.1) is 24.6 Å². The predicted molar refractivity (Wildman–Crippen MR) is 148 cm³/mol. The van der Waals surface area contributed by atoms with Crippen molar-refractivity contribution in [3.8, 4) is 11.5 Å². The number of anilines is 1. The number of methoxy groups -OCH3 is 1. The fraction of sp³-hybridized carbons (Fsp3) is 0.400. The van der Waals surface area contributed by atoms with E-state index in [4.69, 9.17) is 27.9 Å². The number of benzene rings is 2. The lowest BCUT2D eigenvalue weighted by Gasteiger charge is -2.50. The highest BCUT2D eigenvalue weighted by Crippen LogP contribution is 2.66. The van der Waals surface area contributed by atoms with Crippen LogP contribution in [0, 0.1) is 17.8 Å². The van der Waals surface area contributed by atoms with Gasteiger partial charge in [-0.25, -0.2) is 0 Å². The molecule has 6 unspecified atom stereocenters. The zero-order valence-corrected chi connectivity index (χ0v) is 23.7. The fourth-order valence-corrected chi connectivity index (χ4v) is 8.13. The van der Waals surface area contributed by atoms with Crippen LogP contribution in [0.15, 0.2) is 54.1 Å². The maximum Gasteiger partial charge on any atom is 0.253 e. The molecular formula is C30H28Cl2N2O6. The molecule has 1 N–H and O–H groups in total. The molecule has 2 saturated heterocycles. The van der Waals surface area contributed by atoms with Crippen LogP contribution in [-0.4, -0.2) is 57.5 Å². The summed E-state index contributed by atoms with van der Waals surface area (Å²) in [6.45, 7) is 2.02. The van der Waals surface area contributed by atoms with Gasteiger partial charge in [-0.05, 0) is 61.1 Å². The Hall–Kier alpha value is -3.36. The molecule has 2 aromatic carbocycles. The summed E-state index contributed by atoms with van der Waals surface area (Å²) in [7, 11) is 2.79. The first kappa shape index (κ1) is 26.8. The highest BCUT2D eigenvalue weighted by molar-refractivity contribution is 6.53. The van der Waals surface area contributed by atoms with Gasteiger partial charge in [-0.2, -0.15) is 0 Å². The van der Waals surface area contributed by atoms with Gasteiger partial charge >= 0.3 is 0 Å². The number of likely N-dealkylation sites (tertiary alicyclic amines) is 1. The van der Waals surface area contributed by atoms with Crippen molar-refractivity contribution >= 4 is 52.5 Å². The van der Waals surface area contributed by atoms with Gasteiger partial charge in [0, 0.05) is 18.5 Å². The van der Waals surface area contributed by atoms with Crippen molar-refractivity contribution in [2.24, 2.45) is 17.8 Å². The number of rotatable bonds is 4. The van der Waals surface area contributed by atoms with Crippen LogP contribution in [-0.2, 0) is 25.6 Å². The second-order valence-electron chi connectivity index (χ2n) is 11.0. The van der Waals surface area contributed by atoms with Gasteiger partial charge in [0.25, 0.3) is 11.8 Å². The summed E-state index contributed by atoms with van der Waals surface area (Å²) in [4.78, 5) is 53.1. The van der Waals surface area contributed by atoms with Crippen molar-refractivity contribution in [3.05, 3.63) is 65.2 Å². The molecule has 0 spiro atoms. The van der Waals surface area contributed by atoms with Crippen LogP contribution in [0.3, 0.4) is 0 Å². The summed E-state index contributed by atoms with van der Waals surface area (Å²) in [5.74, 6) is -4.98. The SMILES string of the molecule is CCc1ccc(N2C(=O)C3CC=C4C(CC5(Cl)C(=O)N(C)C(=O)C5(Cl)C4c4cc(OC)ccc4O)C3C2=O)cc1. The molecule has 2 aliphatic carbocycles. The van der Waals surface area contributed by atoms with Crippen LogP contribution in [0.25, 0.3) is 0 Å². The van der Waals surface area contributed by atoms with Crippen LogP contribution in [0.1, 0.15) is 36.8 Å². The van der Waals surface area contributed by atoms with E-state index in [1.54, 1.807) is 24.3 Å². The van der Waals surface area contributed by atoms with Crippen molar-refractivity contribution < 1.29 is 29.0 Å². The molecule has 6 rings (SSSR count). The molecule has 208 valence electrons. The van der Waals surface area contributed by atoms with E-state index in [-0.39, 0.29) is 36.0 Å². The second kappa shape index (κ2) is 9.08. The third-order valence-corrected chi connectivity index (χ3v) is 10.6. The molecule has 0 radical (unpaired) electrons. The third kappa shape index (κ3) is 3.32. The molecule has 10 heteroatoms. The van der Waals surface area contributed by atoms with E-state index < -0.39 is 45.2 Å². The number of hydrogen-bond donors (Lipinski definition) is 1. The van der Waals surface area contributed by atoms with Crippen molar-refractivity contribution in [2.75, 3.05) is 19.1 Å². The number of aromatic hydroxyl groups is 1. The zero-order valence-electron chi connectivity index (χ0n) is 22.2. The number of aryl methyl sites for hydroxylation is 1. The Morgan fingerprint density at radius 2 is 1.70 bits per heavy atom. The number of phenolic OH excluding ortho intramolecular Hbond substituents is 1. The average Bonchev–Trinajstić information content (AvgIpc) is 3.28. The van der Waals surface area contributed by atoms with E-state index >= 15 is 0 Å². The quantitative estimate of drug-likeness (QED) is 0.330. The number of nitrogens with zero attached hydrogens (tertiary/aromatic N) is 2. The minimum absolute atomic E-state index is 0.108. The molecule has 8 nitrogen and oxygen atoms in total. The molecule has 2 aromatic rings. The highest BCUT2D eigenvalue weighted by atomic mass is 35.5. The first-order chi connectivity index (χ1) is 19.0. The number of imide groups is 2. The largest absolute Gasteiger partial charge is 0.508 e. The topological polar surface area (TPSA) is 104 Å². The molecule has 4 aliphatic rings. The highest BCUT2D eigenvalue weighted by Gasteiger charge is 2.76. The van der Waals surface area contributed by atoms with Crippen molar-refractivity contribution in [2.45, 2.75) is 41.9 Å². The van der Waals surface area contributed by atoms with E-state index in [1.165, 1.54) is 25.1 Å². The molecule has 2 aliphatic heterocycles. The van der Waals surface area contributed by atoms with Gasteiger partial charge in [0.2, 0.25) is 11.8 Å². The van der Waals surface area contributed by atoms with Crippen LogP contribution in [0.5, 0.6) is 11.5 Å². The number of halogens is 2. The number of carbonyl (C=O) groups is 4. The second-order valence-corrected chi connectivity index (χ2v) is 12.2. The lowest BCUT2D eigenvalue weighted by Crippen LogP contribution is -2.60. The molecule has 1 saturated carbocycles. The molecule has 4 amide bonds. The summed E-state index contributed by atoms with van der Waals surface area (Å²) in [6.07, 6.45) is 2.79. The number of fused-ring (bicyclic) bond motifs is 4. The Morgan fingerprint density at radius 1 is 1.00 bits per heavy atom. The number of amides is 4. The first-order valence-corrected chi connectivity index (χ1v) is 14.0. The van der Waals surface area contributed by atoms with Crippen LogP contribution < -0.4 is 9.64 Å². The maximum atomic E-state index is 14.0. The summed E-state index contributed by atoms with van der Waals surface area (Å²) in [6, 6.07) is 11.9. The molecule has 40 heavy (non-hydrogen) atoms. The molecular weight excluding hydrogens is 555 g/mol. The summed E-state index contributed by atoms with van der Waals surface area (Å²) < 4.78 is 5.38. The van der Waals surface area contributed by atoms with Crippen LogP contribution >= 0.6 is 23.2 Å². The number of allylic oxidation sites excluding steroid dienone is 2. The number of alkyl halides is 2. The number of ether oxygens (including phenoxy) is 1. The first-order valence-electron chi connectivity index (χ1n) is 13.2. The van der Waals surface area contributed by atoms with E-state index in [9.17, 15) is 24.3 Å². The van der Waals surface area contributed by atoms with E-state index in [0.717, 1.165) is 16.9 Å². The van der Waals surface area contributed by atoms with Crippen LogP contribution in [0.2, 0.25) is 0 Å². The number of phenols is 1. The zero-order chi connectivity index (χ0) is 28.7. The lowest BCUT2D eigenvalue weighted by atomic mass is 9.56. The maximum absolute atomic E-state index is 14.0. The third-order valence-electron chi connectivity index (χ3n) is 9.16. The lowest BCUT2D eigenvalue weighted by molar-refractivity contribution is -0.138. The van der Waals surface area contributed by atoms with Gasteiger partial charge in [-0.3, -0.25) is 29.0 Å². The molecule has 3 fully saturated rings. The van der Waals surface area contributed by atoms with Gasteiger partial charge < -0.3 is 9.84 Å². The van der Waals surface area contributed by atoms with E-state index in [0.29, 0.717) is 17.0 Å². The van der Waals surface area contributed by atoms with Gasteiger partial charge in [0.1, 0.15) is 11.5 Å². The predicted octanol–water partition coefficient (Wildman–Crippen LogP) is 4.16. The molecule has 6 atom stereocenters. The number of carbonyl (C=O) groups excluding carboxylic acids is 4. The minimum atomic E-state index is -1.97. The molecule has 2 heterocycles. The minimum Gasteiger partial charge on any atom is -0.508 e. The standard InChI is InChI=1S/C30H28Cl2N2O6/c1-4-15-5-7-16(8-6-15)34-25(36)19-11-10-18-21(23(19)26(34)37)14-29(31)27(38)33(2)28(39)30(29,32)24(18)20-13-17(40-3)9-12-22(20)35/h5-10,12-13,19,21,23-24,35H,4,11,14H2,1-3H3. The van der Waals surface area contributed by atoms with Gasteiger partial charge in [0.15, 0.2) is 9.75 Å². The van der Waals surface area contributed by atoms with Crippen molar-refractivity contribution in [1.29, 1.82) is 0 Å². The summed E-state index contributed by atoms with van der Waals surface area (Å²) in [5.41, 5.74) is 2.43. The van der Waals surface area contributed by atoms with Gasteiger partial charge in [-0.15, -0.1) is 23.2 Å². The van der Waals surface area contributed by atoms with Crippen molar-refractivity contribution in [3.63, 3.8) is 0 Å².